The maximum absolute atomic E-state index is 4.37. The number of hydrogen-bond donors (Lipinski definition) is 1. The van der Waals surface area contributed by atoms with E-state index in [1.54, 1.807) is 6.33 Å². The Morgan fingerprint density at radius 2 is 2.16 bits per heavy atom. The van der Waals surface area contributed by atoms with Crippen LogP contribution in [-0.2, 0) is 20.0 Å². The first-order valence-electron chi connectivity index (χ1n) is 6.83. The molecule has 104 valence electrons. The molecule has 2 heterocycles. The molecule has 0 radical (unpaired) electrons. The number of aryl methyl sites for hydroxylation is 2. The Balaban J connectivity index is 2.14. The minimum atomic E-state index is 0.235. The molecule has 0 bridgehead atoms. The first kappa shape index (κ1) is 13.7. The van der Waals surface area contributed by atoms with Crippen molar-refractivity contribution in [1.82, 2.24) is 29.9 Å². The molecule has 1 atom stereocenters. The minimum Gasteiger partial charge on any atom is -0.310 e. The van der Waals surface area contributed by atoms with E-state index in [1.807, 2.05) is 28.8 Å². The first-order valence-corrected chi connectivity index (χ1v) is 6.83. The fraction of sp³-hybridized carbons (Fsp3) is 0.615. The third-order valence-corrected chi connectivity index (χ3v) is 3.10. The topological polar surface area (TPSA) is 60.6 Å². The summed E-state index contributed by atoms with van der Waals surface area (Å²) in [4.78, 5) is 4.37. The van der Waals surface area contributed by atoms with Gasteiger partial charge in [0.2, 0.25) is 0 Å². The molecule has 1 unspecified atom stereocenters. The lowest BCUT2D eigenvalue weighted by molar-refractivity contribution is 0.498. The zero-order chi connectivity index (χ0) is 13.7. The Kier molecular flexibility index (Phi) is 4.68. The molecule has 0 aliphatic carbocycles. The predicted molar refractivity (Wildman–Crippen MR) is 73.6 cm³/mol. The lowest BCUT2D eigenvalue weighted by atomic mass is 10.1. The first-order chi connectivity index (χ1) is 9.24. The van der Waals surface area contributed by atoms with Crippen LogP contribution >= 0.6 is 0 Å². The van der Waals surface area contributed by atoms with E-state index < -0.39 is 0 Å². The fourth-order valence-electron chi connectivity index (χ4n) is 2.20. The summed E-state index contributed by atoms with van der Waals surface area (Å²) >= 11 is 0. The highest BCUT2D eigenvalue weighted by Gasteiger charge is 2.16. The van der Waals surface area contributed by atoms with Crippen molar-refractivity contribution in [2.75, 3.05) is 6.54 Å². The van der Waals surface area contributed by atoms with Crippen molar-refractivity contribution in [3.8, 4) is 0 Å². The van der Waals surface area contributed by atoms with Gasteiger partial charge in [0.25, 0.3) is 0 Å². The van der Waals surface area contributed by atoms with E-state index >= 15 is 0 Å². The van der Waals surface area contributed by atoms with Crippen molar-refractivity contribution < 1.29 is 0 Å². The second-order valence-corrected chi connectivity index (χ2v) is 4.66. The summed E-state index contributed by atoms with van der Waals surface area (Å²) in [5.41, 5.74) is 1.19. The summed E-state index contributed by atoms with van der Waals surface area (Å²) in [5, 5.41) is 12.0. The Labute approximate surface area is 113 Å². The van der Waals surface area contributed by atoms with Gasteiger partial charge in [-0.25, -0.2) is 4.98 Å². The van der Waals surface area contributed by atoms with Gasteiger partial charge in [-0.3, -0.25) is 9.36 Å². The maximum atomic E-state index is 4.37. The van der Waals surface area contributed by atoms with Crippen molar-refractivity contribution >= 4 is 0 Å². The van der Waals surface area contributed by atoms with E-state index in [4.69, 9.17) is 0 Å². The van der Waals surface area contributed by atoms with Gasteiger partial charge in [-0.05, 0) is 13.0 Å². The largest absolute Gasteiger partial charge is 0.310 e. The molecule has 0 saturated heterocycles. The van der Waals surface area contributed by atoms with E-state index in [0.717, 1.165) is 31.8 Å². The highest BCUT2D eigenvalue weighted by atomic mass is 15.3. The van der Waals surface area contributed by atoms with Gasteiger partial charge in [0.15, 0.2) is 0 Å². The summed E-state index contributed by atoms with van der Waals surface area (Å²) in [6.07, 6.45) is 7.49. The molecule has 6 nitrogen and oxygen atoms in total. The minimum absolute atomic E-state index is 0.235. The molecule has 2 rings (SSSR count). The van der Waals surface area contributed by atoms with E-state index in [2.05, 4.69) is 34.3 Å². The van der Waals surface area contributed by atoms with Gasteiger partial charge in [0, 0.05) is 37.8 Å². The van der Waals surface area contributed by atoms with Crippen LogP contribution in [0.5, 0.6) is 0 Å². The lowest BCUT2D eigenvalue weighted by Gasteiger charge is -2.16. The molecule has 2 aromatic heterocycles. The van der Waals surface area contributed by atoms with E-state index in [9.17, 15) is 0 Å². The van der Waals surface area contributed by atoms with Crippen molar-refractivity contribution in [2.45, 2.75) is 39.3 Å². The summed E-state index contributed by atoms with van der Waals surface area (Å²) in [7, 11) is 1.94. The van der Waals surface area contributed by atoms with Crippen molar-refractivity contribution in [1.29, 1.82) is 0 Å². The molecule has 2 aromatic rings. The molecule has 6 heteroatoms. The number of rotatable bonds is 7. The Hall–Kier alpha value is -1.69. The SMILES string of the molecule is CCCn1ncnc1CC(NCC)c1cnn(C)c1. The Morgan fingerprint density at radius 3 is 2.79 bits per heavy atom. The second-order valence-electron chi connectivity index (χ2n) is 4.66. The number of nitrogens with one attached hydrogen (secondary N) is 1. The van der Waals surface area contributed by atoms with Crippen LogP contribution in [-0.4, -0.2) is 31.1 Å². The van der Waals surface area contributed by atoms with Gasteiger partial charge in [-0.2, -0.15) is 10.2 Å². The summed E-state index contributed by atoms with van der Waals surface area (Å²) in [6.45, 7) is 6.09. The molecule has 0 aromatic carbocycles. The third-order valence-electron chi connectivity index (χ3n) is 3.10. The van der Waals surface area contributed by atoms with Crippen LogP contribution in [0.15, 0.2) is 18.7 Å². The normalized spacial score (nSPS) is 12.8. The standard InChI is InChI=1S/C13H22N6/c1-4-6-19-13(15-10-17-19)7-12(14-5-2)11-8-16-18(3)9-11/h8-10,12,14H,4-7H2,1-3H3. The molecule has 0 amide bonds. The summed E-state index contributed by atoms with van der Waals surface area (Å²) < 4.78 is 3.82. The molecular formula is C13H22N6. The monoisotopic (exact) mass is 262 g/mol. The van der Waals surface area contributed by atoms with Crippen LogP contribution in [0.4, 0.5) is 0 Å². The molecule has 0 aliphatic rings. The van der Waals surface area contributed by atoms with Crippen molar-refractivity contribution in [2.24, 2.45) is 7.05 Å². The Bertz CT molecular complexity index is 501. The van der Waals surface area contributed by atoms with Gasteiger partial charge in [0.1, 0.15) is 12.2 Å². The summed E-state index contributed by atoms with van der Waals surface area (Å²) in [6, 6.07) is 0.235. The van der Waals surface area contributed by atoms with Crippen LogP contribution in [0.3, 0.4) is 0 Å². The Morgan fingerprint density at radius 1 is 1.32 bits per heavy atom. The van der Waals surface area contributed by atoms with Crippen molar-refractivity contribution in [3.63, 3.8) is 0 Å². The highest BCUT2D eigenvalue weighted by Crippen LogP contribution is 2.16. The maximum Gasteiger partial charge on any atom is 0.138 e. The molecular weight excluding hydrogens is 240 g/mol. The molecule has 0 spiro atoms. The number of aromatic nitrogens is 5. The molecule has 0 aliphatic heterocycles. The molecule has 1 N–H and O–H groups in total. The van der Waals surface area contributed by atoms with Crippen LogP contribution in [0.25, 0.3) is 0 Å². The zero-order valence-corrected chi connectivity index (χ0v) is 11.9. The van der Waals surface area contributed by atoms with Gasteiger partial charge < -0.3 is 5.32 Å². The average molecular weight is 262 g/mol. The number of likely N-dealkylation sites (N-methyl/N-ethyl adjacent to an activating group) is 1. The molecule has 19 heavy (non-hydrogen) atoms. The van der Waals surface area contributed by atoms with Crippen LogP contribution < -0.4 is 5.32 Å². The quantitative estimate of drug-likeness (QED) is 0.817. The summed E-state index contributed by atoms with van der Waals surface area (Å²) in [5.74, 6) is 1.02. The van der Waals surface area contributed by atoms with E-state index in [-0.39, 0.29) is 6.04 Å². The second kappa shape index (κ2) is 6.47. The number of hydrogen-bond acceptors (Lipinski definition) is 4. The smallest absolute Gasteiger partial charge is 0.138 e. The van der Waals surface area contributed by atoms with Crippen LogP contribution in [0.2, 0.25) is 0 Å². The van der Waals surface area contributed by atoms with Gasteiger partial charge in [-0.15, -0.1) is 0 Å². The average Bonchev–Trinajstić information content (AvgIpc) is 2.99. The molecule has 0 saturated carbocycles. The number of nitrogens with zero attached hydrogens (tertiary/aromatic N) is 5. The van der Waals surface area contributed by atoms with Gasteiger partial charge >= 0.3 is 0 Å². The van der Waals surface area contributed by atoms with Crippen molar-refractivity contribution in [3.05, 3.63) is 30.1 Å². The fourth-order valence-corrected chi connectivity index (χ4v) is 2.20. The molecule has 0 fully saturated rings. The highest BCUT2D eigenvalue weighted by molar-refractivity contribution is 5.12. The van der Waals surface area contributed by atoms with E-state index in [1.165, 1.54) is 5.56 Å². The van der Waals surface area contributed by atoms with Crippen LogP contribution in [0.1, 0.15) is 37.7 Å². The van der Waals surface area contributed by atoms with Gasteiger partial charge in [-0.1, -0.05) is 13.8 Å². The van der Waals surface area contributed by atoms with Gasteiger partial charge in [0.05, 0.1) is 6.20 Å². The van der Waals surface area contributed by atoms with Crippen LogP contribution in [0, 0.1) is 0 Å². The lowest BCUT2D eigenvalue weighted by Crippen LogP contribution is -2.24. The third kappa shape index (κ3) is 3.41. The van der Waals surface area contributed by atoms with E-state index in [0.29, 0.717) is 0 Å². The zero-order valence-electron chi connectivity index (χ0n) is 11.9. The predicted octanol–water partition coefficient (Wildman–Crippen LogP) is 1.31.